The van der Waals surface area contributed by atoms with E-state index in [2.05, 4.69) is 0 Å². The number of rotatable bonds is 4. The highest BCUT2D eigenvalue weighted by atomic mass is 32.2. The second kappa shape index (κ2) is 4.46. The fraction of sp³-hybridized carbons (Fsp3) is 0.875. The van der Waals surface area contributed by atoms with Crippen molar-refractivity contribution in [3.05, 3.63) is 0 Å². The van der Waals surface area contributed by atoms with E-state index in [0.29, 0.717) is 6.42 Å². The quantitative estimate of drug-likeness (QED) is 0.729. The largest absolute Gasteiger partial charge is 0.480 e. The number of likely N-dealkylation sites (N-methyl/N-ethyl adjacent to an activating group) is 1. The number of carboxylic acid groups (broad SMARTS) is 1. The molecular formula is C8H16N2O4S. The molecule has 1 fully saturated rings. The molecule has 1 atom stereocenters. The number of nitrogens with zero attached hydrogens (tertiary/aromatic N) is 2. The first-order valence-electron chi connectivity index (χ1n) is 4.87. The minimum atomic E-state index is -3.55. The van der Waals surface area contributed by atoms with E-state index < -0.39 is 22.2 Å². The van der Waals surface area contributed by atoms with Crippen molar-refractivity contribution in [2.75, 3.05) is 20.1 Å². The molecule has 6 nitrogen and oxygen atoms in total. The number of hydrogen-bond donors (Lipinski definition) is 1. The Morgan fingerprint density at radius 3 is 2.60 bits per heavy atom. The van der Waals surface area contributed by atoms with E-state index in [4.69, 9.17) is 5.11 Å². The SMILES string of the molecule is CCCCN1C(C(=O)O)CN(C)S1(=O)=O. The van der Waals surface area contributed by atoms with Crippen LogP contribution in [-0.2, 0) is 15.0 Å². The van der Waals surface area contributed by atoms with Crippen molar-refractivity contribution in [2.45, 2.75) is 25.8 Å². The van der Waals surface area contributed by atoms with Crippen LogP contribution >= 0.6 is 0 Å². The van der Waals surface area contributed by atoms with E-state index in [1.807, 2.05) is 6.92 Å². The van der Waals surface area contributed by atoms with Gasteiger partial charge >= 0.3 is 5.97 Å². The molecule has 7 heteroatoms. The molecule has 88 valence electrons. The Balaban J connectivity index is 2.88. The van der Waals surface area contributed by atoms with E-state index in [1.54, 1.807) is 0 Å². The maximum atomic E-state index is 11.7. The second-order valence-electron chi connectivity index (χ2n) is 3.61. The summed E-state index contributed by atoms with van der Waals surface area (Å²) in [6, 6.07) is -0.938. The Hall–Kier alpha value is -0.660. The zero-order valence-corrected chi connectivity index (χ0v) is 9.70. The van der Waals surface area contributed by atoms with Gasteiger partial charge in [-0.2, -0.15) is 17.0 Å². The predicted octanol–water partition coefficient (Wildman–Crippen LogP) is -0.268. The number of hydrogen-bond acceptors (Lipinski definition) is 3. The van der Waals surface area contributed by atoms with Crippen LogP contribution in [0.3, 0.4) is 0 Å². The van der Waals surface area contributed by atoms with Gasteiger partial charge < -0.3 is 5.11 Å². The Morgan fingerprint density at radius 1 is 1.53 bits per heavy atom. The molecule has 15 heavy (non-hydrogen) atoms. The minimum absolute atomic E-state index is 0.0291. The van der Waals surface area contributed by atoms with Gasteiger partial charge in [0.15, 0.2) is 0 Å². The molecule has 0 bridgehead atoms. The fourth-order valence-electron chi connectivity index (χ4n) is 1.56. The number of carbonyl (C=O) groups is 1. The molecule has 0 radical (unpaired) electrons. The first kappa shape index (κ1) is 12.4. The van der Waals surface area contributed by atoms with Gasteiger partial charge in [0.25, 0.3) is 10.2 Å². The standard InChI is InChI=1S/C8H16N2O4S/c1-3-4-5-10-7(8(11)12)6-9(2)15(10,13)14/h7H,3-6H2,1-2H3,(H,11,12). The average molecular weight is 236 g/mol. The molecule has 0 spiro atoms. The Morgan fingerprint density at radius 2 is 2.13 bits per heavy atom. The molecule has 0 saturated carbocycles. The van der Waals surface area contributed by atoms with Gasteiger partial charge in [-0.3, -0.25) is 4.79 Å². The third kappa shape index (κ3) is 2.30. The summed E-state index contributed by atoms with van der Waals surface area (Å²) in [5.41, 5.74) is 0. The summed E-state index contributed by atoms with van der Waals surface area (Å²) < 4.78 is 25.6. The second-order valence-corrected chi connectivity index (χ2v) is 5.59. The van der Waals surface area contributed by atoms with E-state index in [1.165, 1.54) is 7.05 Å². The van der Waals surface area contributed by atoms with Gasteiger partial charge in [0.2, 0.25) is 0 Å². The zero-order valence-electron chi connectivity index (χ0n) is 8.88. The molecule has 1 aliphatic heterocycles. The van der Waals surface area contributed by atoms with Gasteiger partial charge in [0.1, 0.15) is 6.04 Å². The van der Waals surface area contributed by atoms with Crippen molar-refractivity contribution in [3.8, 4) is 0 Å². The van der Waals surface area contributed by atoms with Crippen molar-refractivity contribution >= 4 is 16.2 Å². The molecule has 1 rings (SSSR count). The summed E-state index contributed by atoms with van der Waals surface area (Å²) in [4.78, 5) is 10.9. The zero-order chi connectivity index (χ0) is 11.6. The molecule has 0 amide bonds. The molecule has 0 aromatic heterocycles. The highest BCUT2D eigenvalue weighted by Gasteiger charge is 2.45. The monoisotopic (exact) mass is 236 g/mol. The Kier molecular flexibility index (Phi) is 3.69. The lowest BCUT2D eigenvalue weighted by atomic mass is 10.2. The molecular weight excluding hydrogens is 220 g/mol. The molecule has 0 aromatic rings. The lowest BCUT2D eigenvalue weighted by molar-refractivity contribution is -0.141. The number of carboxylic acids is 1. The van der Waals surface area contributed by atoms with Gasteiger partial charge in [0.05, 0.1) is 0 Å². The molecule has 0 aromatic carbocycles. The molecule has 1 heterocycles. The molecule has 1 aliphatic rings. The van der Waals surface area contributed by atoms with Crippen molar-refractivity contribution < 1.29 is 18.3 Å². The fourth-order valence-corrected chi connectivity index (χ4v) is 3.08. The van der Waals surface area contributed by atoms with Crippen LogP contribution in [0.15, 0.2) is 0 Å². The summed E-state index contributed by atoms with van der Waals surface area (Å²) in [5.74, 6) is -1.08. The number of aliphatic carboxylic acids is 1. The van der Waals surface area contributed by atoms with Crippen LogP contribution in [0, 0.1) is 0 Å². The molecule has 1 N–H and O–H groups in total. The van der Waals surface area contributed by atoms with Crippen LogP contribution in [-0.4, -0.2) is 54.3 Å². The van der Waals surface area contributed by atoms with Crippen LogP contribution in [0.5, 0.6) is 0 Å². The Labute approximate surface area is 89.7 Å². The van der Waals surface area contributed by atoms with Gasteiger partial charge in [0, 0.05) is 20.1 Å². The van der Waals surface area contributed by atoms with Gasteiger partial charge in [-0.05, 0) is 6.42 Å². The van der Waals surface area contributed by atoms with Crippen LogP contribution in [0.2, 0.25) is 0 Å². The summed E-state index contributed by atoms with van der Waals surface area (Å²) in [6.45, 7) is 2.24. The van der Waals surface area contributed by atoms with Crippen LogP contribution in [0.25, 0.3) is 0 Å². The maximum Gasteiger partial charge on any atom is 0.323 e. The van der Waals surface area contributed by atoms with Crippen LogP contribution in [0.4, 0.5) is 0 Å². The van der Waals surface area contributed by atoms with E-state index in [-0.39, 0.29) is 13.1 Å². The first-order valence-corrected chi connectivity index (χ1v) is 6.27. The van der Waals surface area contributed by atoms with Crippen LogP contribution < -0.4 is 0 Å². The topological polar surface area (TPSA) is 77.9 Å². The minimum Gasteiger partial charge on any atom is -0.480 e. The van der Waals surface area contributed by atoms with Crippen molar-refractivity contribution in [3.63, 3.8) is 0 Å². The van der Waals surface area contributed by atoms with E-state index in [0.717, 1.165) is 15.0 Å². The third-order valence-corrected chi connectivity index (χ3v) is 4.45. The highest BCUT2D eigenvalue weighted by molar-refractivity contribution is 7.87. The summed E-state index contributed by atoms with van der Waals surface area (Å²) in [6.07, 6.45) is 1.51. The maximum absolute atomic E-state index is 11.7. The summed E-state index contributed by atoms with van der Waals surface area (Å²) in [7, 11) is -2.15. The highest BCUT2D eigenvalue weighted by Crippen LogP contribution is 2.21. The van der Waals surface area contributed by atoms with E-state index in [9.17, 15) is 13.2 Å². The summed E-state index contributed by atoms with van der Waals surface area (Å²) >= 11 is 0. The number of unbranched alkanes of at least 4 members (excludes halogenated alkanes) is 1. The van der Waals surface area contributed by atoms with Gasteiger partial charge in [-0.25, -0.2) is 0 Å². The van der Waals surface area contributed by atoms with Crippen molar-refractivity contribution in [1.82, 2.24) is 8.61 Å². The Bertz CT molecular complexity index is 341. The molecule has 1 unspecified atom stereocenters. The van der Waals surface area contributed by atoms with Gasteiger partial charge in [-0.15, -0.1) is 0 Å². The van der Waals surface area contributed by atoms with Crippen molar-refractivity contribution in [1.29, 1.82) is 0 Å². The molecule has 0 aliphatic carbocycles. The lowest BCUT2D eigenvalue weighted by Crippen LogP contribution is -2.40. The normalized spacial score (nSPS) is 26.9. The third-order valence-electron chi connectivity index (χ3n) is 2.49. The van der Waals surface area contributed by atoms with E-state index >= 15 is 0 Å². The predicted molar refractivity (Wildman–Crippen MR) is 54.6 cm³/mol. The smallest absolute Gasteiger partial charge is 0.323 e. The molecule has 1 saturated heterocycles. The van der Waals surface area contributed by atoms with Crippen LogP contribution in [0.1, 0.15) is 19.8 Å². The van der Waals surface area contributed by atoms with Crippen molar-refractivity contribution in [2.24, 2.45) is 0 Å². The average Bonchev–Trinajstić information content (AvgIpc) is 2.36. The first-order chi connectivity index (χ1) is 6.91. The summed E-state index contributed by atoms with van der Waals surface area (Å²) in [5, 5.41) is 8.90. The van der Waals surface area contributed by atoms with Gasteiger partial charge in [-0.1, -0.05) is 13.3 Å². The lowest BCUT2D eigenvalue weighted by Gasteiger charge is -2.18.